The number of hydrogen-bond donors (Lipinski definition) is 3. The molecule has 7 rings (SSSR count). The molecule has 534 valence electrons. The fourth-order valence-electron chi connectivity index (χ4n) is 11.0. The molecule has 4 heterocycles. The van der Waals surface area contributed by atoms with Crippen LogP contribution in [-0.4, -0.2) is 237 Å². The second-order valence-electron chi connectivity index (χ2n) is 22.9. The van der Waals surface area contributed by atoms with E-state index in [-0.39, 0.29) is 16.7 Å². The Kier molecular flexibility index (Phi) is 27.6. The highest BCUT2D eigenvalue weighted by Gasteiger charge is 2.62. The number of fused-ring (bicyclic) bond motifs is 2. The Bertz CT molecular complexity index is 3290. The van der Waals surface area contributed by atoms with Crippen LogP contribution < -0.4 is 5.32 Å². The number of ether oxygens (including phenoxy) is 16. The molecule has 3 aromatic carbocycles. The number of methoxy groups -OCH3 is 1. The lowest BCUT2D eigenvalue weighted by atomic mass is 9.93. The minimum Gasteiger partial charge on any atom is -0.465 e. The third-order valence-corrected chi connectivity index (χ3v) is 15.5. The van der Waals surface area contributed by atoms with Gasteiger partial charge >= 0.3 is 65.7 Å². The number of nitrogens with one attached hydrogen (secondary N) is 1. The number of carbonyl (C=O) groups excluding carboxylic acids is 12. The number of hydrogen-bond acceptors (Lipinski definition) is 32. The summed E-state index contributed by atoms with van der Waals surface area (Å²) in [4.78, 5) is 167. The van der Waals surface area contributed by atoms with Gasteiger partial charge in [-0.1, -0.05) is 54.6 Å². The van der Waals surface area contributed by atoms with Crippen molar-refractivity contribution >= 4 is 71.6 Å². The van der Waals surface area contributed by atoms with Crippen molar-refractivity contribution in [3.8, 4) is 0 Å². The molecule has 4 fully saturated rings. The highest BCUT2D eigenvalue weighted by Crippen LogP contribution is 2.41. The molecule has 8 unspecified atom stereocenters. The number of aliphatic hydroxyl groups is 2. The topological polar surface area (TPSA) is 417 Å². The molecule has 3 N–H and O–H groups in total. The van der Waals surface area contributed by atoms with Crippen LogP contribution in [0.25, 0.3) is 0 Å². The quantitative estimate of drug-likeness (QED) is 0.0723. The van der Waals surface area contributed by atoms with Crippen molar-refractivity contribution in [1.82, 2.24) is 10.4 Å². The summed E-state index contributed by atoms with van der Waals surface area (Å²) in [6.07, 6.45) is -29.5. The summed E-state index contributed by atoms with van der Waals surface area (Å²) in [5, 5.41) is 27.9. The van der Waals surface area contributed by atoms with Crippen LogP contribution in [-0.2, 0) is 124 Å². The lowest BCUT2D eigenvalue weighted by molar-refractivity contribution is -0.381. The Morgan fingerprint density at radius 1 is 0.633 bits per heavy atom. The van der Waals surface area contributed by atoms with Crippen LogP contribution in [0.5, 0.6) is 0 Å². The summed E-state index contributed by atoms with van der Waals surface area (Å²) in [6, 6.07) is 17.6. The zero-order valence-corrected chi connectivity index (χ0v) is 54.8. The first-order chi connectivity index (χ1) is 46.6. The summed E-state index contributed by atoms with van der Waals surface area (Å²) in [6.45, 7) is 4.93. The van der Waals surface area contributed by atoms with Crippen molar-refractivity contribution in [2.24, 2.45) is 0 Å². The number of nitrogens with zero attached hydrogens (tertiary/aromatic N) is 1. The van der Waals surface area contributed by atoms with Crippen molar-refractivity contribution in [2.45, 2.75) is 184 Å². The van der Waals surface area contributed by atoms with Crippen LogP contribution in [0.1, 0.15) is 106 Å². The van der Waals surface area contributed by atoms with Gasteiger partial charge in [0.15, 0.2) is 37.0 Å². The summed E-state index contributed by atoms with van der Waals surface area (Å²) >= 11 is 0. The van der Waals surface area contributed by atoms with E-state index < -0.39 is 234 Å². The van der Waals surface area contributed by atoms with E-state index in [1.807, 2.05) is 0 Å². The van der Waals surface area contributed by atoms with Crippen LogP contribution in [0.4, 0.5) is 0 Å². The van der Waals surface area contributed by atoms with Crippen molar-refractivity contribution in [3.63, 3.8) is 0 Å². The lowest BCUT2D eigenvalue weighted by Gasteiger charge is -2.51. The highest BCUT2D eigenvalue weighted by atomic mass is 16.8. The fourth-order valence-corrected chi connectivity index (χ4v) is 11.0. The smallest absolute Gasteiger partial charge is 0.366 e. The number of rotatable bonds is 22. The first-order valence-electron chi connectivity index (χ1n) is 30.9. The summed E-state index contributed by atoms with van der Waals surface area (Å²) in [5.74, 6) is -15.1. The summed E-state index contributed by atoms with van der Waals surface area (Å²) in [7, 11) is 0.898. The molecule has 0 aliphatic carbocycles. The summed E-state index contributed by atoms with van der Waals surface area (Å²) in [5.41, 5.74) is -0.302. The molecular formula is C65H78N2O31. The number of aliphatic hydroxyl groups excluding tert-OH is 2. The van der Waals surface area contributed by atoms with E-state index >= 15 is 0 Å². The van der Waals surface area contributed by atoms with Gasteiger partial charge in [0.05, 0.1) is 68.4 Å². The molecule has 3 aromatic rings. The number of benzene rings is 3. The third kappa shape index (κ3) is 20.7. The van der Waals surface area contributed by atoms with Gasteiger partial charge < -0.3 is 96.2 Å². The molecule has 4 aliphatic rings. The molecule has 0 aromatic heterocycles. The Balaban J connectivity index is 1.41. The largest absolute Gasteiger partial charge is 0.465 e. The number of esters is 10. The second-order valence-corrected chi connectivity index (χ2v) is 22.9. The van der Waals surface area contributed by atoms with E-state index in [9.17, 15) is 67.7 Å². The normalized spacial score (nSPS) is 28.9. The minimum atomic E-state index is -2.99. The minimum absolute atomic E-state index is 0.00525. The van der Waals surface area contributed by atoms with Crippen molar-refractivity contribution in [3.05, 3.63) is 108 Å². The maximum Gasteiger partial charge on any atom is 0.366 e. The van der Waals surface area contributed by atoms with Crippen molar-refractivity contribution in [2.75, 3.05) is 40.1 Å². The molecule has 33 heteroatoms. The van der Waals surface area contributed by atoms with E-state index in [0.717, 1.165) is 53.7 Å². The van der Waals surface area contributed by atoms with Crippen LogP contribution >= 0.6 is 0 Å². The van der Waals surface area contributed by atoms with Crippen molar-refractivity contribution in [1.29, 1.82) is 0 Å². The van der Waals surface area contributed by atoms with E-state index in [2.05, 4.69) is 5.32 Å². The van der Waals surface area contributed by atoms with E-state index in [4.69, 9.17) is 80.6 Å². The van der Waals surface area contributed by atoms with Crippen LogP contribution in [0.2, 0.25) is 0 Å². The maximum atomic E-state index is 15.0. The monoisotopic (exact) mass is 1380 g/mol. The Labute approximate surface area is 560 Å². The average Bonchev–Trinajstić information content (AvgIpc) is 0.750. The van der Waals surface area contributed by atoms with Crippen LogP contribution in [0.15, 0.2) is 91.0 Å². The maximum absolute atomic E-state index is 15.0. The number of carbonyl (C=O) groups is 12. The van der Waals surface area contributed by atoms with Gasteiger partial charge in [-0.05, 0) is 50.2 Å². The molecule has 0 spiro atoms. The standard InChI is InChI=1S/C65H78N2O31/c1-33(47(90-38(6)71)30-83-36(4)69)67(98-40(8)73)45-29-87-65(64(81)82-9,27-46(45)89-37(5)70)97-57-56(94-60(79)42-21-15-11-16-22-42)49(32-85-59(78)41-19-13-10-14-20-41)93-63(58(57)95-61(80)43-23-17-12-18-24-43)96-55-48-31-84-50(74)25-26-51(75)88-34(2)54(91-39(7)72)44(66-35(3)68)28-86-62(92-48)53(77)52(55)76/h10-24,33-34,44-49,52-58,62-63,76-77H,25-32H2,1-9H3,(H,66,68)/t33?,34-,44+,45+,46?,47-,48?,49?,52?,53?,54-,55-,56+,57?,58?,62-,63+,65+/m1/s1. The first-order valence-corrected chi connectivity index (χ1v) is 30.9. The predicted molar refractivity (Wildman–Crippen MR) is 322 cm³/mol. The Morgan fingerprint density at radius 3 is 1.77 bits per heavy atom. The van der Waals surface area contributed by atoms with Gasteiger partial charge in [0.1, 0.15) is 74.7 Å². The predicted octanol–water partition coefficient (Wildman–Crippen LogP) is 1.21. The van der Waals surface area contributed by atoms with E-state index in [0.29, 0.717) is 0 Å². The van der Waals surface area contributed by atoms with Gasteiger partial charge in [-0.2, -0.15) is 0 Å². The molecule has 1 amide bonds. The Morgan fingerprint density at radius 2 is 1.21 bits per heavy atom. The van der Waals surface area contributed by atoms with Gasteiger partial charge in [0.2, 0.25) is 5.91 Å². The summed E-state index contributed by atoms with van der Waals surface area (Å²) < 4.78 is 95.6. The van der Waals surface area contributed by atoms with E-state index in [1.165, 1.54) is 86.6 Å². The zero-order chi connectivity index (χ0) is 71.5. The molecule has 4 saturated heterocycles. The van der Waals surface area contributed by atoms with Crippen LogP contribution in [0.3, 0.4) is 0 Å². The van der Waals surface area contributed by atoms with Crippen molar-refractivity contribution < 1.29 is 148 Å². The zero-order valence-electron chi connectivity index (χ0n) is 54.8. The van der Waals surface area contributed by atoms with Gasteiger partial charge in [0.25, 0.3) is 5.79 Å². The highest BCUT2D eigenvalue weighted by molar-refractivity contribution is 5.91. The molecule has 2 bridgehead atoms. The number of hydroxylamine groups is 2. The van der Waals surface area contributed by atoms with Gasteiger partial charge in [-0.3, -0.25) is 38.4 Å². The first kappa shape index (κ1) is 76.3. The Hall–Kier alpha value is -9.06. The van der Waals surface area contributed by atoms with Crippen LogP contribution in [0, 0.1) is 0 Å². The molecule has 98 heavy (non-hydrogen) atoms. The molecular weight excluding hydrogens is 1300 g/mol. The van der Waals surface area contributed by atoms with Gasteiger partial charge in [-0.15, -0.1) is 5.06 Å². The molecule has 0 saturated carbocycles. The lowest BCUT2D eigenvalue weighted by Crippen LogP contribution is -2.69. The number of cyclic esters (lactones) is 2. The molecule has 18 atom stereocenters. The fraction of sp³-hybridized carbons (Fsp3) is 0.538. The van der Waals surface area contributed by atoms with E-state index in [1.54, 1.807) is 18.2 Å². The molecule has 0 radical (unpaired) electrons. The van der Waals surface area contributed by atoms with Gasteiger partial charge in [-0.25, -0.2) is 19.2 Å². The SMILES string of the molecule is COC(=O)[C@@]1(OC2C(OC(=O)c3ccccc3)[C@H](O[C@@H]3C4COC(=O)CCC(=O)O[C@H](C)[C@@H](OC(C)=O)[C@@H](NC(C)=O)CO[C@H](O4)C(O)C3O)OC(COC(=O)c3ccccc3)[C@@H]2OC(=O)c2ccccc2)CC(OC(C)=O)[C@@H](N(OC(C)=O)C(C)[C@@H](COC(C)=O)OC(C)=O)CO1. The average molecular weight is 1380 g/mol. The molecule has 4 aliphatic heterocycles. The number of amides is 1. The second kappa shape index (κ2) is 35.4. The molecule has 33 nitrogen and oxygen atoms in total. The third-order valence-electron chi connectivity index (χ3n) is 15.5. The van der Waals surface area contributed by atoms with Gasteiger partial charge in [0, 0.05) is 41.5 Å².